The van der Waals surface area contributed by atoms with Crippen molar-refractivity contribution in [3.8, 4) is 0 Å². The molecule has 0 radical (unpaired) electrons. The van der Waals surface area contributed by atoms with Crippen molar-refractivity contribution < 1.29 is 9.90 Å². The number of carbonyl (C=O) groups excluding carboxylic acids is 1. The third-order valence-corrected chi connectivity index (χ3v) is 3.12. The standard InChI is InChI=1S/C13H19IN2O2/c1-10(17)6-7-16(2)9-13(18)15-12-5-3-4-11(14)8-12/h3-5,8,10,17H,6-7,9H2,1-2H3,(H,15,18). The highest BCUT2D eigenvalue weighted by Crippen LogP contribution is 2.12. The Morgan fingerprint density at radius 1 is 1.56 bits per heavy atom. The van der Waals surface area contributed by atoms with E-state index in [2.05, 4.69) is 27.9 Å². The molecule has 1 aromatic rings. The van der Waals surface area contributed by atoms with E-state index >= 15 is 0 Å². The molecule has 1 amide bonds. The average molecular weight is 362 g/mol. The van der Waals surface area contributed by atoms with Crippen molar-refractivity contribution in [3.63, 3.8) is 0 Å². The van der Waals surface area contributed by atoms with E-state index in [1.54, 1.807) is 6.92 Å². The molecule has 1 atom stereocenters. The molecule has 0 fully saturated rings. The van der Waals surface area contributed by atoms with Gasteiger partial charge in [-0.1, -0.05) is 6.07 Å². The van der Waals surface area contributed by atoms with E-state index < -0.39 is 0 Å². The van der Waals surface area contributed by atoms with E-state index in [0.29, 0.717) is 19.5 Å². The van der Waals surface area contributed by atoms with Crippen LogP contribution < -0.4 is 5.32 Å². The zero-order valence-electron chi connectivity index (χ0n) is 10.7. The molecule has 5 heteroatoms. The fourth-order valence-electron chi connectivity index (χ4n) is 1.50. The molecule has 0 aliphatic rings. The molecule has 0 aliphatic carbocycles. The number of carbonyl (C=O) groups is 1. The van der Waals surface area contributed by atoms with E-state index in [4.69, 9.17) is 0 Å². The van der Waals surface area contributed by atoms with Gasteiger partial charge in [0.05, 0.1) is 12.6 Å². The van der Waals surface area contributed by atoms with Crippen LogP contribution in [0.5, 0.6) is 0 Å². The number of rotatable bonds is 6. The number of anilines is 1. The predicted octanol–water partition coefficient (Wildman–Crippen LogP) is 1.93. The van der Waals surface area contributed by atoms with Crippen molar-refractivity contribution in [1.82, 2.24) is 4.90 Å². The number of hydrogen-bond donors (Lipinski definition) is 2. The molecule has 0 saturated heterocycles. The molecule has 1 unspecified atom stereocenters. The van der Waals surface area contributed by atoms with Crippen LogP contribution in [0.4, 0.5) is 5.69 Å². The van der Waals surface area contributed by atoms with Gasteiger partial charge in [-0.3, -0.25) is 9.69 Å². The van der Waals surface area contributed by atoms with Gasteiger partial charge in [0.25, 0.3) is 0 Å². The largest absolute Gasteiger partial charge is 0.393 e. The van der Waals surface area contributed by atoms with Gasteiger partial charge in [0.1, 0.15) is 0 Å². The molecule has 1 rings (SSSR count). The van der Waals surface area contributed by atoms with Gasteiger partial charge in [0, 0.05) is 15.8 Å². The summed E-state index contributed by atoms with van der Waals surface area (Å²) in [6.07, 6.45) is 0.346. The first kappa shape index (κ1) is 15.4. The normalized spacial score (nSPS) is 12.5. The highest BCUT2D eigenvalue weighted by Gasteiger charge is 2.07. The van der Waals surface area contributed by atoms with Crippen LogP contribution in [0.2, 0.25) is 0 Å². The zero-order valence-corrected chi connectivity index (χ0v) is 12.8. The molecule has 0 aliphatic heterocycles. The molecular weight excluding hydrogens is 343 g/mol. The van der Waals surface area contributed by atoms with Gasteiger partial charge in [-0.05, 0) is 61.2 Å². The van der Waals surface area contributed by atoms with Crippen LogP contribution in [0, 0.1) is 3.57 Å². The van der Waals surface area contributed by atoms with Gasteiger partial charge < -0.3 is 10.4 Å². The third-order valence-electron chi connectivity index (χ3n) is 2.45. The van der Waals surface area contributed by atoms with Crippen LogP contribution in [-0.2, 0) is 4.79 Å². The summed E-state index contributed by atoms with van der Waals surface area (Å²) < 4.78 is 1.09. The minimum atomic E-state index is -0.328. The Labute approximate surface area is 122 Å². The second kappa shape index (κ2) is 7.70. The summed E-state index contributed by atoms with van der Waals surface area (Å²) in [7, 11) is 1.87. The summed E-state index contributed by atoms with van der Waals surface area (Å²) in [6, 6.07) is 7.68. The Balaban J connectivity index is 2.37. The highest BCUT2D eigenvalue weighted by molar-refractivity contribution is 14.1. The third kappa shape index (κ3) is 6.32. The van der Waals surface area contributed by atoms with Gasteiger partial charge in [-0.2, -0.15) is 0 Å². The van der Waals surface area contributed by atoms with E-state index in [9.17, 15) is 9.90 Å². The number of hydrogen-bond acceptors (Lipinski definition) is 3. The lowest BCUT2D eigenvalue weighted by Gasteiger charge is -2.17. The maximum absolute atomic E-state index is 11.8. The topological polar surface area (TPSA) is 52.6 Å². The van der Waals surface area contributed by atoms with Crippen molar-refractivity contribution >= 4 is 34.2 Å². The number of nitrogens with one attached hydrogen (secondary N) is 1. The van der Waals surface area contributed by atoms with Crippen molar-refractivity contribution in [2.75, 3.05) is 25.5 Å². The molecule has 18 heavy (non-hydrogen) atoms. The number of nitrogens with zero attached hydrogens (tertiary/aromatic N) is 1. The highest BCUT2D eigenvalue weighted by atomic mass is 127. The Morgan fingerprint density at radius 2 is 2.28 bits per heavy atom. The summed E-state index contributed by atoms with van der Waals surface area (Å²) in [6.45, 7) is 2.79. The molecule has 0 spiro atoms. The number of aliphatic hydroxyl groups excluding tert-OH is 1. The molecular formula is C13H19IN2O2. The molecule has 0 bridgehead atoms. The van der Waals surface area contributed by atoms with Crippen LogP contribution in [0.3, 0.4) is 0 Å². The van der Waals surface area contributed by atoms with Crippen molar-refractivity contribution in [2.24, 2.45) is 0 Å². The monoisotopic (exact) mass is 362 g/mol. The minimum Gasteiger partial charge on any atom is -0.393 e. The van der Waals surface area contributed by atoms with Crippen LogP contribution >= 0.6 is 22.6 Å². The molecule has 1 aromatic carbocycles. The average Bonchev–Trinajstić information content (AvgIpc) is 2.26. The maximum atomic E-state index is 11.8. The van der Waals surface area contributed by atoms with Gasteiger partial charge in [-0.15, -0.1) is 0 Å². The van der Waals surface area contributed by atoms with Crippen molar-refractivity contribution in [1.29, 1.82) is 0 Å². The molecule has 100 valence electrons. The molecule has 2 N–H and O–H groups in total. The Kier molecular flexibility index (Phi) is 6.59. The number of aliphatic hydroxyl groups is 1. The first-order chi connectivity index (χ1) is 8.47. The first-order valence-corrected chi connectivity index (χ1v) is 6.97. The lowest BCUT2D eigenvalue weighted by Crippen LogP contribution is -2.32. The van der Waals surface area contributed by atoms with Crippen LogP contribution in [0.1, 0.15) is 13.3 Å². The van der Waals surface area contributed by atoms with Gasteiger partial charge in [0.2, 0.25) is 5.91 Å². The summed E-state index contributed by atoms with van der Waals surface area (Å²) >= 11 is 2.21. The molecule has 0 saturated carbocycles. The smallest absolute Gasteiger partial charge is 0.238 e. The predicted molar refractivity (Wildman–Crippen MR) is 81.6 cm³/mol. The summed E-state index contributed by atoms with van der Waals surface area (Å²) in [4.78, 5) is 13.7. The Bertz CT molecular complexity index is 396. The van der Waals surface area contributed by atoms with Gasteiger partial charge in [-0.25, -0.2) is 0 Å². The zero-order chi connectivity index (χ0) is 13.5. The van der Waals surface area contributed by atoms with Crippen LogP contribution in [0.15, 0.2) is 24.3 Å². The number of amides is 1. The van der Waals surface area contributed by atoms with Crippen LogP contribution in [0.25, 0.3) is 0 Å². The van der Waals surface area contributed by atoms with Crippen molar-refractivity contribution in [2.45, 2.75) is 19.4 Å². The Morgan fingerprint density at radius 3 is 2.89 bits per heavy atom. The maximum Gasteiger partial charge on any atom is 0.238 e. The fraction of sp³-hybridized carbons (Fsp3) is 0.462. The lowest BCUT2D eigenvalue weighted by atomic mass is 10.3. The van der Waals surface area contributed by atoms with Gasteiger partial charge >= 0.3 is 0 Å². The molecule has 0 heterocycles. The summed E-state index contributed by atoms with van der Waals surface area (Å²) in [5, 5.41) is 12.0. The van der Waals surface area contributed by atoms with E-state index in [1.165, 1.54) is 0 Å². The van der Waals surface area contributed by atoms with E-state index in [1.807, 2.05) is 36.2 Å². The second-order valence-electron chi connectivity index (χ2n) is 4.43. The summed E-state index contributed by atoms with van der Waals surface area (Å²) in [5.41, 5.74) is 0.816. The SMILES string of the molecule is CC(O)CCN(C)CC(=O)Nc1cccc(I)c1. The fourth-order valence-corrected chi connectivity index (χ4v) is 2.04. The van der Waals surface area contributed by atoms with Gasteiger partial charge in [0.15, 0.2) is 0 Å². The quantitative estimate of drug-likeness (QED) is 0.761. The van der Waals surface area contributed by atoms with E-state index in [0.717, 1.165) is 9.26 Å². The van der Waals surface area contributed by atoms with Crippen LogP contribution in [-0.4, -0.2) is 42.2 Å². The van der Waals surface area contributed by atoms with Crippen molar-refractivity contribution in [3.05, 3.63) is 27.8 Å². The van der Waals surface area contributed by atoms with E-state index in [-0.39, 0.29) is 12.0 Å². The minimum absolute atomic E-state index is 0.0370. The lowest BCUT2D eigenvalue weighted by molar-refractivity contribution is -0.117. The number of likely N-dealkylation sites (N-methyl/N-ethyl adjacent to an activating group) is 1. The second-order valence-corrected chi connectivity index (χ2v) is 5.68. The summed E-state index contributed by atoms with van der Waals surface area (Å²) in [5.74, 6) is -0.0370. The number of halogens is 1. The number of benzene rings is 1. The first-order valence-electron chi connectivity index (χ1n) is 5.89. The Hall–Kier alpha value is -0.660. The molecule has 4 nitrogen and oxygen atoms in total. The molecule has 0 aromatic heterocycles.